The minimum Gasteiger partial charge on any atom is -0.394 e. The van der Waals surface area contributed by atoms with E-state index in [4.69, 9.17) is 28.4 Å². The summed E-state index contributed by atoms with van der Waals surface area (Å²) in [6.45, 7) is 1.75. The summed E-state index contributed by atoms with van der Waals surface area (Å²) in [5.41, 5.74) is 0. The maximum Gasteiger partial charge on any atom is 0.220 e. The molecule has 0 aromatic heterocycles. The van der Waals surface area contributed by atoms with Gasteiger partial charge in [-0.1, -0.05) is 275 Å². The summed E-state index contributed by atoms with van der Waals surface area (Å²) in [5.74, 6) is -0.284. The molecule has 0 aromatic carbocycles. The summed E-state index contributed by atoms with van der Waals surface area (Å²) >= 11 is 0. The van der Waals surface area contributed by atoms with Gasteiger partial charge < -0.3 is 89.9 Å². The smallest absolute Gasteiger partial charge is 0.220 e. The fraction of sp³-hybridized carbons (Fsp3) is 0.904. The zero-order valence-corrected chi connectivity index (χ0v) is 57.3. The van der Waals surface area contributed by atoms with Crippen LogP contribution >= 0.6 is 0 Å². The summed E-state index contributed by atoms with van der Waals surface area (Å²) < 4.78 is 34.4. The van der Waals surface area contributed by atoms with Gasteiger partial charge >= 0.3 is 0 Å². The number of hydrogen-bond acceptors (Lipinski definition) is 18. The standard InChI is InChI=1S/C73H135NO18/c1-3-5-7-9-11-13-15-17-19-21-23-25-26-27-28-29-31-32-34-36-38-40-42-44-46-48-50-57(78)56(74-61(79)51-49-47-45-43-41-39-37-35-33-30-24-22-20-18-16-14-12-10-8-6-4-2)55-87-71-67(85)64(82)69(59(53-76)89-71)92-73-68(86)65(83)70(60(54-77)90-73)91-72-66(84)63(81)62(80)58(52-75)88-72/h32,34,40,42,48,50,56-60,62-73,75-78,80-86H,3-31,33,35-39,41,43-47,49,51-55H2,1-2H3,(H,74,79)/b34-32+,42-40+,50-48+. The number of carbonyl (C=O) groups excluding carboxylic acids is 1. The molecule has 0 aromatic rings. The van der Waals surface area contributed by atoms with E-state index in [1.54, 1.807) is 6.08 Å². The molecule has 3 rings (SSSR count). The van der Waals surface area contributed by atoms with Gasteiger partial charge in [-0.05, 0) is 44.9 Å². The molecular formula is C73H135NO18. The third-order valence-electron chi connectivity index (χ3n) is 18.7. The molecule has 3 aliphatic heterocycles. The summed E-state index contributed by atoms with van der Waals surface area (Å²) in [5, 5.41) is 121. The number of rotatable bonds is 58. The quantitative estimate of drug-likeness (QED) is 0.0199. The van der Waals surface area contributed by atoms with Crippen LogP contribution in [0.3, 0.4) is 0 Å². The van der Waals surface area contributed by atoms with Crippen molar-refractivity contribution in [2.45, 2.75) is 394 Å². The molecule has 3 saturated heterocycles. The molecule has 3 fully saturated rings. The molecule has 3 heterocycles. The number of ether oxygens (including phenoxy) is 6. The molecule has 0 bridgehead atoms. The van der Waals surface area contributed by atoms with Gasteiger partial charge in [0.1, 0.15) is 73.2 Å². The summed E-state index contributed by atoms with van der Waals surface area (Å²) in [6, 6.07) is -0.995. The van der Waals surface area contributed by atoms with Crippen molar-refractivity contribution in [2.75, 3.05) is 26.4 Å². The van der Waals surface area contributed by atoms with E-state index in [1.807, 2.05) is 6.08 Å². The maximum absolute atomic E-state index is 13.4. The maximum atomic E-state index is 13.4. The van der Waals surface area contributed by atoms with Crippen molar-refractivity contribution in [3.8, 4) is 0 Å². The van der Waals surface area contributed by atoms with Gasteiger partial charge in [-0.2, -0.15) is 0 Å². The lowest BCUT2D eigenvalue weighted by Gasteiger charge is -2.48. The van der Waals surface area contributed by atoms with Gasteiger partial charge in [0.25, 0.3) is 0 Å². The van der Waals surface area contributed by atoms with Crippen LogP contribution in [-0.4, -0.2) is 193 Å². The molecule has 92 heavy (non-hydrogen) atoms. The zero-order chi connectivity index (χ0) is 66.8. The molecule has 0 radical (unpaired) electrons. The number of amides is 1. The highest BCUT2D eigenvalue weighted by Crippen LogP contribution is 2.33. The number of allylic oxidation sites excluding steroid dienone is 5. The molecular weight excluding hydrogens is 1180 g/mol. The molecule has 17 unspecified atom stereocenters. The summed E-state index contributed by atoms with van der Waals surface area (Å²) in [7, 11) is 0. The van der Waals surface area contributed by atoms with Gasteiger partial charge in [0.15, 0.2) is 18.9 Å². The van der Waals surface area contributed by atoms with E-state index in [1.165, 1.54) is 212 Å². The average molecular weight is 1310 g/mol. The molecule has 0 saturated carbocycles. The Labute approximate surface area is 555 Å². The highest BCUT2D eigenvalue weighted by atomic mass is 16.8. The molecule has 12 N–H and O–H groups in total. The minimum atomic E-state index is -1.98. The fourth-order valence-corrected chi connectivity index (χ4v) is 12.6. The van der Waals surface area contributed by atoms with Crippen LogP contribution in [0.2, 0.25) is 0 Å². The first kappa shape index (κ1) is 84.2. The van der Waals surface area contributed by atoms with Crippen LogP contribution < -0.4 is 5.32 Å². The van der Waals surface area contributed by atoms with Crippen LogP contribution in [0.1, 0.15) is 290 Å². The van der Waals surface area contributed by atoms with Crippen LogP contribution in [0.15, 0.2) is 36.5 Å². The Morgan fingerprint density at radius 3 is 1.09 bits per heavy atom. The van der Waals surface area contributed by atoms with Crippen molar-refractivity contribution < 1.29 is 89.4 Å². The van der Waals surface area contributed by atoms with Crippen molar-refractivity contribution in [3.63, 3.8) is 0 Å². The van der Waals surface area contributed by atoms with Crippen molar-refractivity contribution in [1.29, 1.82) is 0 Å². The second kappa shape index (κ2) is 55.0. The van der Waals surface area contributed by atoms with Crippen molar-refractivity contribution in [2.24, 2.45) is 0 Å². The summed E-state index contributed by atoms with van der Waals surface area (Å²) in [6.07, 6.45) is 38.4. The Balaban J connectivity index is 1.43. The molecule has 19 nitrogen and oxygen atoms in total. The van der Waals surface area contributed by atoms with Crippen molar-refractivity contribution >= 4 is 5.91 Å². The van der Waals surface area contributed by atoms with Gasteiger partial charge in [-0.25, -0.2) is 0 Å². The SMILES string of the molecule is CCCCCCCCCCCCCCCCCC/C=C/CC/C=C/CC/C=C/C(O)C(COC1OC(CO)C(OC2OC(CO)C(OC3OC(CO)C(O)C(O)C3O)C(O)C2O)C(O)C1O)NC(=O)CCCCCCCCCCCCCCCCCCCCCCC. The van der Waals surface area contributed by atoms with Crippen LogP contribution in [0.25, 0.3) is 0 Å². The van der Waals surface area contributed by atoms with E-state index >= 15 is 0 Å². The number of hydrogen-bond donors (Lipinski definition) is 12. The molecule has 17 atom stereocenters. The zero-order valence-electron chi connectivity index (χ0n) is 57.3. The predicted octanol–water partition coefficient (Wildman–Crippen LogP) is 10.8. The molecule has 0 spiro atoms. The van der Waals surface area contributed by atoms with Crippen LogP contribution in [0.4, 0.5) is 0 Å². The number of aliphatic hydroxyl groups is 11. The van der Waals surface area contributed by atoms with Gasteiger partial charge in [0.2, 0.25) is 5.91 Å². The minimum absolute atomic E-state index is 0.236. The van der Waals surface area contributed by atoms with E-state index in [-0.39, 0.29) is 18.9 Å². The third-order valence-corrected chi connectivity index (χ3v) is 18.7. The normalized spacial score (nSPS) is 27.9. The Kier molecular flexibility index (Phi) is 50.3. The molecule has 19 heteroatoms. The van der Waals surface area contributed by atoms with E-state index < -0.39 is 124 Å². The Hall–Kier alpha value is -1.99. The first-order valence-electron chi connectivity index (χ1n) is 37.2. The topological polar surface area (TPSA) is 307 Å². The van der Waals surface area contributed by atoms with E-state index in [9.17, 15) is 61.0 Å². The highest BCUT2D eigenvalue weighted by molar-refractivity contribution is 5.76. The van der Waals surface area contributed by atoms with Crippen molar-refractivity contribution in [1.82, 2.24) is 5.32 Å². The van der Waals surface area contributed by atoms with Crippen molar-refractivity contribution in [3.05, 3.63) is 36.5 Å². The Morgan fingerprint density at radius 2 is 0.696 bits per heavy atom. The lowest BCUT2D eigenvalue weighted by atomic mass is 9.96. The second-order valence-electron chi connectivity index (χ2n) is 26.7. The lowest BCUT2D eigenvalue weighted by Crippen LogP contribution is -2.66. The van der Waals surface area contributed by atoms with Gasteiger partial charge in [-0.15, -0.1) is 0 Å². The Morgan fingerprint density at radius 1 is 0.380 bits per heavy atom. The largest absolute Gasteiger partial charge is 0.394 e. The monoisotopic (exact) mass is 1310 g/mol. The number of nitrogens with one attached hydrogen (secondary N) is 1. The van der Waals surface area contributed by atoms with Gasteiger partial charge in [-0.3, -0.25) is 4.79 Å². The van der Waals surface area contributed by atoms with Crippen LogP contribution in [0, 0.1) is 0 Å². The first-order valence-corrected chi connectivity index (χ1v) is 37.2. The molecule has 3 aliphatic rings. The van der Waals surface area contributed by atoms with E-state index in [2.05, 4.69) is 43.5 Å². The predicted molar refractivity (Wildman–Crippen MR) is 360 cm³/mol. The highest BCUT2D eigenvalue weighted by Gasteiger charge is 2.53. The van der Waals surface area contributed by atoms with E-state index in [0.29, 0.717) is 12.8 Å². The van der Waals surface area contributed by atoms with Crippen LogP contribution in [-0.2, 0) is 33.2 Å². The first-order chi connectivity index (χ1) is 44.8. The van der Waals surface area contributed by atoms with E-state index in [0.717, 1.165) is 44.9 Å². The fourth-order valence-electron chi connectivity index (χ4n) is 12.6. The Bertz CT molecular complexity index is 1810. The number of aliphatic hydroxyl groups excluding tert-OH is 11. The molecule has 0 aliphatic carbocycles. The number of carbonyl (C=O) groups is 1. The molecule has 540 valence electrons. The van der Waals surface area contributed by atoms with Gasteiger partial charge in [0, 0.05) is 6.42 Å². The number of unbranched alkanes of at least 4 members (excludes halogenated alkanes) is 38. The second-order valence-corrected chi connectivity index (χ2v) is 26.7. The average Bonchev–Trinajstić information content (AvgIpc) is 0.856. The van der Waals surface area contributed by atoms with Gasteiger partial charge in [0.05, 0.1) is 38.6 Å². The third kappa shape index (κ3) is 36.0. The lowest BCUT2D eigenvalue weighted by molar-refractivity contribution is -0.379. The summed E-state index contributed by atoms with van der Waals surface area (Å²) in [4.78, 5) is 13.4. The molecule has 1 amide bonds. The van der Waals surface area contributed by atoms with Crippen LogP contribution in [0.5, 0.6) is 0 Å².